The van der Waals surface area contributed by atoms with Gasteiger partial charge in [-0.1, -0.05) is 17.7 Å². The lowest BCUT2D eigenvalue weighted by Crippen LogP contribution is -2.34. The van der Waals surface area contributed by atoms with E-state index < -0.39 is 18.0 Å². The minimum atomic E-state index is -0.564. The van der Waals surface area contributed by atoms with Gasteiger partial charge in [0.05, 0.1) is 18.8 Å². The molecule has 1 unspecified atom stereocenters. The summed E-state index contributed by atoms with van der Waals surface area (Å²) < 4.78 is 18.5. The summed E-state index contributed by atoms with van der Waals surface area (Å²) in [6.07, 6.45) is -1.07. The van der Waals surface area contributed by atoms with Crippen molar-refractivity contribution < 1.29 is 18.7 Å². The van der Waals surface area contributed by atoms with Crippen molar-refractivity contribution in [2.45, 2.75) is 6.10 Å². The van der Waals surface area contributed by atoms with Gasteiger partial charge in [0.15, 0.2) is 0 Å². The van der Waals surface area contributed by atoms with E-state index in [1.807, 2.05) is 0 Å². The van der Waals surface area contributed by atoms with Crippen LogP contribution in [-0.2, 0) is 4.74 Å². The van der Waals surface area contributed by atoms with E-state index in [0.29, 0.717) is 16.3 Å². The Morgan fingerprint density at radius 3 is 2.75 bits per heavy atom. The molecule has 2 aromatic rings. The second-order valence-electron chi connectivity index (χ2n) is 5.31. The van der Waals surface area contributed by atoms with Crippen molar-refractivity contribution in [1.29, 1.82) is 0 Å². The quantitative estimate of drug-likeness (QED) is 0.922. The molecular weight excluding hydrogens is 335 g/mol. The van der Waals surface area contributed by atoms with Crippen LogP contribution >= 0.6 is 11.6 Å². The summed E-state index contributed by atoms with van der Waals surface area (Å²) >= 11 is 5.78. The zero-order chi connectivity index (χ0) is 17.1. The topological polar surface area (TPSA) is 58.6 Å². The third-order valence-corrected chi connectivity index (χ3v) is 3.84. The van der Waals surface area contributed by atoms with E-state index in [2.05, 4.69) is 5.32 Å². The number of nitrogens with one attached hydrogen (secondary N) is 1. The van der Waals surface area contributed by atoms with Crippen molar-refractivity contribution >= 4 is 29.3 Å². The molecule has 0 radical (unpaired) electrons. The van der Waals surface area contributed by atoms with Gasteiger partial charge in [0.1, 0.15) is 11.9 Å². The normalized spacial score (nSPS) is 16.8. The molecule has 0 aliphatic carbocycles. The molecule has 0 saturated carbocycles. The summed E-state index contributed by atoms with van der Waals surface area (Å²) in [5, 5.41) is 3.25. The molecule has 0 bridgehead atoms. The molecule has 1 saturated heterocycles. The van der Waals surface area contributed by atoms with Gasteiger partial charge in [-0.05, 0) is 42.5 Å². The fourth-order valence-electron chi connectivity index (χ4n) is 2.39. The van der Waals surface area contributed by atoms with E-state index >= 15 is 0 Å². The lowest BCUT2D eigenvalue weighted by Gasteiger charge is -2.13. The van der Waals surface area contributed by atoms with E-state index in [1.165, 1.54) is 23.1 Å². The maximum Gasteiger partial charge on any atom is 0.414 e. The highest BCUT2D eigenvalue weighted by Crippen LogP contribution is 2.22. The number of anilines is 1. The zero-order valence-corrected chi connectivity index (χ0v) is 13.3. The molecule has 24 heavy (non-hydrogen) atoms. The SMILES string of the molecule is O=C(NCC1CN(c2cccc(F)c2)C(=O)O1)c1ccc(Cl)cc1. The molecule has 124 valence electrons. The number of hydrogen-bond acceptors (Lipinski definition) is 3. The zero-order valence-electron chi connectivity index (χ0n) is 12.5. The maximum atomic E-state index is 13.3. The number of benzene rings is 2. The van der Waals surface area contributed by atoms with Crippen molar-refractivity contribution in [1.82, 2.24) is 5.32 Å². The minimum Gasteiger partial charge on any atom is -0.442 e. The van der Waals surface area contributed by atoms with Gasteiger partial charge in [-0.3, -0.25) is 9.69 Å². The fraction of sp³-hybridized carbons (Fsp3) is 0.176. The van der Waals surface area contributed by atoms with E-state index in [1.54, 1.807) is 30.3 Å². The average molecular weight is 349 g/mol. The predicted molar refractivity (Wildman–Crippen MR) is 87.8 cm³/mol. The molecule has 5 nitrogen and oxygen atoms in total. The first-order valence-corrected chi connectivity index (χ1v) is 7.68. The number of amides is 2. The number of nitrogens with zero attached hydrogens (tertiary/aromatic N) is 1. The van der Waals surface area contributed by atoms with E-state index in [-0.39, 0.29) is 19.0 Å². The maximum absolute atomic E-state index is 13.3. The summed E-state index contributed by atoms with van der Waals surface area (Å²) in [4.78, 5) is 25.3. The predicted octanol–water partition coefficient (Wildman–Crippen LogP) is 3.23. The van der Waals surface area contributed by atoms with Crippen LogP contribution in [0.15, 0.2) is 48.5 Å². The van der Waals surface area contributed by atoms with Gasteiger partial charge in [0, 0.05) is 10.6 Å². The molecule has 3 rings (SSSR count). The Balaban J connectivity index is 1.58. The molecule has 1 N–H and O–H groups in total. The summed E-state index contributed by atoms with van der Waals surface area (Å²) in [6, 6.07) is 12.2. The van der Waals surface area contributed by atoms with Crippen molar-refractivity contribution in [3.63, 3.8) is 0 Å². The Kier molecular flexibility index (Phi) is 4.66. The summed E-state index contributed by atoms with van der Waals surface area (Å²) in [6.45, 7) is 0.405. The lowest BCUT2D eigenvalue weighted by molar-refractivity contribution is 0.0916. The molecule has 0 aromatic heterocycles. The van der Waals surface area contributed by atoms with Crippen molar-refractivity contribution in [2.75, 3.05) is 18.0 Å². The van der Waals surface area contributed by atoms with Gasteiger partial charge >= 0.3 is 6.09 Å². The first kappa shape index (κ1) is 16.3. The molecule has 2 amide bonds. The molecule has 1 atom stereocenters. The number of ether oxygens (including phenoxy) is 1. The van der Waals surface area contributed by atoms with Crippen molar-refractivity contribution in [3.05, 3.63) is 64.9 Å². The molecule has 1 aliphatic heterocycles. The van der Waals surface area contributed by atoms with Crippen LogP contribution in [0, 0.1) is 5.82 Å². The highest BCUT2D eigenvalue weighted by atomic mass is 35.5. The van der Waals surface area contributed by atoms with Crippen molar-refractivity contribution in [3.8, 4) is 0 Å². The lowest BCUT2D eigenvalue weighted by atomic mass is 10.2. The van der Waals surface area contributed by atoms with Crippen LogP contribution in [0.2, 0.25) is 5.02 Å². The van der Waals surface area contributed by atoms with Crippen molar-refractivity contribution in [2.24, 2.45) is 0 Å². The molecule has 1 aliphatic rings. The van der Waals surface area contributed by atoms with Gasteiger partial charge < -0.3 is 10.1 Å². The molecule has 0 spiro atoms. The number of rotatable bonds is 4. The van der Waals surface area contributed by atoms with Gasteiger partial charge in [0.25, 0.3) is 5.91 Å². The molecule has 1 heterocycles. The van der Waals surface area contributed by atoms with Gasteiger partial charge in [-0.2, -0.15) is 0 Å². The van der Waals surface area contributed by atoms with Crippen LogP contribution in [0.25, 0.3) is 0 Å². The highest BCUT2D eigenvalue weighted by molar-refractivity contribution is 6.30. The fourth-order valence-corrected chi connectivity index (χ4v) is 2.52. The van der Waals surface area contributed by atoms with Crippen LogP contribution in [0.3, 0.4) is 0 Å². The van der Waals surface area contributed by atoms with Crippen LogP contribution in [-0.4, -0.2) is 31.2 Å². The Bertz CT molecular complexity index is 767. The summed E-state index contributed by atoms with van der Waals surface area (Å²) in [5.41, 5.74) is 0.886. The highest BCUT2D eigenvalue weighted by Gasteiger charge is 2.32. The number of hydrogen-bond donors (Lipinski definition) is 1. The minimum absolute atomic E-state index is 0.166. The Morgan fingerprint density at radius 1 is 1.29 bits per heavy atom. The van der Waals surface area contributed by atoms with E-state index in [4.69, 9.17) is 16.3 Å². The molecular formula is C17H14ClFN2O3. The van der Waals surface area contributed by atoms with Crippen LogP contribution in [0.5, 0.6) is 0 Å². The second kappa shape index (κ2) is 6.88. The Morgan fingerprint density at radius 2 is 2.04 bits per heavy atom. The largest absolute Gasteiger partial charge is 0.442 e. The van der Waals surface area contributed by atoms with Crippen LogP contribution < -0.4 is 10.2 Å². The average Bonchev–Trinajstić information content (AvgIpc) is 2.94. The Hall–Kier alpha value is -2.60. The second-order valence-corrected chi connectivity index (χ2v) is 5.75. The van der Waals surface area contributed by atoms with E-state index in [0.717, 1.165) is 0 Å². The summed E-state index contributed by atoms with van der Waals surface area (Å²) in [7, 11) is 0. The van der Waals surface area contributed by atoms with Gasteiger partial charge in [-0.25, -0.2) is 9.18 Å². The smallest absolute Gasteiger partial charge is 0.414 e. The standard InChI is InChI=1S/C17H14ClFN2O3/c18-12-6-4-11(5-7-12)16(22)20-9-15-10-21(17(23)24-15)14-3-1-2-13(19)8-14/h1-8,15H,9-10H2,(H,20,22). The summed E-state index contributed by atoms with van der Waals surface area (Å²) in [5.74, 6) is -0.716. The van der Waals surface area contributed by atoms with Crippen LogP contribution in [0.4, 0.5) is 14.9 Å². The third kappa shape index (κ3) is 3.65. The monoisotopic (exact) mass is 348 g/mol. The Labute approximate surface area is 143 Å². The third-order valence-electron chi connectivity index (χ3n) is 3.59. The van der Waals surface area contributed by atoms with Gasteiger partial charge in [-0.15, -0.1) is 0 Å². The first-order chi connectivity index (χ1) is 11.5. The number of carbonyl (C=O) groups excluding carboxylic acids is 2. The van der Waals surface area contributed by atoms with E-state index in [9.17, 15) is 14.0 Å². The van der Waals surface area contributed by atoms with Crippen LogP contribution in [0.1, 0.15) is 10.4 Å². The first-order valence-electron chi connectivity index (χ1n) is 7.30. The molecule has 7 heteroatoms. The number of halogens is 2. The molecule has 2 aromatic carbocycles. The number of carbonyl (C=O) groups is 2. The molecule has 1 fully saturated rings. The van der Waals surface area contributed by atoms with Gasteiger partial charge in [0.2, 0.25) is 0 Å². The number of cyclic esters (lactones) is 1.